The molecule has 1 amide bonds. The van der Waals surface area contributed by atoms with Crippen molar-refractivity contribution in [3.05, 3.63) is 72.4 Å². The molecule has 1 aromatic heterocycles. The van der Waals surface area contributed by atoms with Crippen LogP contribution in [0.1, 0.15) is 23.2 Å². The Labute approximate surface area is 159 Å². The number of nitrogens with zero attached hydrogens (tertiary/aromatic N) is 3. The van der Waals surface area contributed by atoms with Crippen molar-refractivity contribution < 1.29 is 4.79 Å². The Kier molecular flexibility index (Phi) is 5.03. The maximum absolute atomic E-state index is 13.1. The van der Waals surface area contributed by atoms with E-state index in [9.17, 15) is 4.79 Å². The molecule has 2 heterocycles. The standard InChI is InChI=1S/C22H24N4O/c1-23-16-20-11-6-14-25(20)22(27)18-9-5-10-19(15-18)26-21(12-13-24-26)17-7-3-2-4-8-17/h2-5,7-10,12-13,15,20,23H,6,11,14,16H2,1H3. The fourth-order valence-electron chi connectivity index (χ4n) is 3.82. The zero-order chi connectivity index (χ0) is 18.6. The van der Waals surface area contributed by atoms with Crippen molar-refractivity contribution in [1.29, 1.82) is 0 Å². The minimum Gasteiger partial charge on any atom is -0.334 e. The van der Waals surface area contributed by atoms with Crippen LogP contribution in [0.3, 0.4) is 0 Å². The summed E-state index contributed by atoms with van der Waals surface area (Å²) in [7, 11) is 1.93. The van der Waals surface area contributed by atoms with Gasteiger partial charge in [0, 0.05) is 30.3 Å². The summed E-state index contributed by atoms with van der Waals surface area (Å²) in [4.78, 5) is 15.1. The largest absolute Gasteiger partial charge is 0.334 e. The average Bonchev–Trinajstić information content (AvgIpc) is 3.38. The minimum atomic E-state index is 0.100. The van der Waals surface area contributed by atoms with E-state index in [1.807, 2.05) is 65.2 Å². The van der Waals surface area contributed by atoms with E-state index in [4.69, 9.17) is 0 Å². The SMILES string of the molecule is CNCC1CCCN1C(=O)c1cccc(-n2nccc2-c2ccccc2)c1. The van der Waals surface area contributed by atoms with E-state index in [0.29, 0.717) is 5.56 Å². The summed E-state index contributed by atoms with van der Waals surface area (Å²) >= 11 is 0. The first-order chi connectivity index (χ1) is 13.3. The molecule has 5 nitrogen and oxygen atoms in total. The van der Waals surface area contributed by atoms with Gasteiger partial charge in [0.2, 0.25) is 0 Å². The molecule has 0 bridgehead atoms. The quantitative estimate of drug-likeness (QED) is 0.759. The van der Waals surface area contributed by atoms with Gasteiger partial charge in [-0.3, -0.25) is 4.79 Å². The second-order valence-corrected chi connectivity index (χ2v) is 6.90. The lowest BCUT2D eigenvalue weighted by atomic mass is 10.1. The molecule has 1 saturated heterocycles. The third kappa shape index (κ3) is 3.51. The van der Waals surface area contributed by atoms with Crippen LogP contribution in [-0.2, 0) is 0 Å². The molecule has 0 saturated carbocycles. The molecule has 1 N–H and O–H groups in total. The Bertz CT molecular complexity index is 919. The maximum atomic E-state index is 13.1. The topological polar surface area (TPSA) is 50.2 Å². The number of amides is 1. The fourth-order valence-corrected chi connectivity index (χ4v) is 3.82. The van der Waals surface area contributed by atoms with E-state index < -0.39 is 0 Å². The van der Waals surface area contributed by atoms with E-state index in [2.05, 4.69) is 22.5 Å². The number of hydrogen-bond acceptors (Lipinski definition) is 3. The van der Waals surface area contributed by atoms with Crippen LogP contribution in [-0.4, -0.2) is 46.8 Å². The first kappa shape index (κ1) is 17.5. The zero-order valence-electron chi connectivity index (χ0n) is 15.5. The highest BCUT2D eigenvalue weighted by molar-refractivity contribution is 5.95. The smallest absolute Gasteiger partial charge is 0.254 e. The third-order valence-corrected chi connectivity index (χ3v) is 5.13. The van der Waals surface area contributed by atoms with Crippen LogP contribution in [0, 0.1) is 0 Å². The highest BCUT2D eigenvalue weighted by atomic mass is 16.2. The van der Waals surface area contributed by atoms with E-state index in [0.717, 1.165) is 42.9 Å². The average molecular weight is 360 g/mol. The molecule has 5 heteroatoms. The van der Waals surface area contributed by atoms with Gasteiger partial charge in [-0.1, -0.05) is 36.4 Å². The molecule has 27 heavy (non-hydrogen) atoms. The third-order valence-electron chi connectivity index (χ3n) is 5.13. The van der Waals surface area contributed by atoms with Crippen molar-refractivity contribution in [2.75, 3.05) is 20.1 Å². The van der Waals surface area contributed by atoms with Crippen LogP contribution in [0.25, 0.3) is 16.9 Å². The van der Waals surface area contributed by atoms with Gasteiger partial charge in [0.05, 0.1) is 17.6 Å². The van der Waals surface area contributed by atoms with Crippen LogP contribution < -0.4 is 5.32 Å². The Morgan fingerprint density at radius 1 is 1.15 bits per heavy atom. The molecule has 1 aliphatic rings. The number of carbonyl (C=O) groups is 1. The van der Waals surface area contributed by atoms with Crippen LogP contribution in [0.2, 0.25) is 0 Å². The molecule has 1 aliphatic heterocycles. The predicted molar refractivity (Wildman–Crippen MR) is 107 cm³/mol. The Morgan fingerprint density at radius 2 is 2.00 bits per heavy atom. The number of likely N-dealkylation sites (tertiary alicyclic amines) is 1. The van der Waals surface area contributed by atoms with Crippen LogP contribution in [0.4, 0.5) is 0 Å². The summed E-state index contributed by atoms with van der Waals surface area (Å²) < 4.78 is 1.89. The summed E-state index contributed by atoms with van der Waals surface area (Å²) in [5, 5.41) is 7.68. The Balaban J connectivity index is 1.65. The highest BCUT2D eigenvalue weighted by Gasteiger charge is 2.28. The Morgan fingerprint density at radius 3 is 2.81 bits per heavy atom. The molecular formula is C22H24N4O. The molecule has 2 aromatic carbocycles. The van der Waals surface area contributed by atoms with Gasteiger partial charge in [-0.15, -0.1) is 0 Å². The predicted octanol–water partition coefficient (Wildman–Crippen LogP) is 3.36. The second kappa shape index (κ2) is 7.76. The van der Waals surface area contributed by atoms with Crippen molar-refractivity contribution in [2.24, 2.45) is 0 Å². The van der Waals surface area contributed by atoms with E-state index in [1.54, 1.807) is 6.20 Å². The summed E-state index contributed by atoms with van der Waals surface area (Å²) in [5.74, 6) is 0.100. The first-order valence-electron chi connectivity index (χ1n) is 9.43. The molecule has 0 aliphatic carbocycles. The van der Waals surface area contributed by atoms with E-state index in [-0.39, 0.29) is 11.9 Å². The number of hydrogen-bond donors (Lipinski definition) is 1. The van der Waals surface area contributed by atoms with Crippen molar-refractivity contribution >= 4 is 5.91 Å². The van der Waals surface area contributed by atoms with Crippen LogP contribution >= 0.6 is 0 Å². The number of aromatic nitrogens is 2. The lowest BCUT2D eigenvalue weighted by molar-refractivity contribution is 0.0737. The fraction of sp³-hybridized carbons (Fsp3) is 0.273. The van der Waals surface area contributed by atoms with Crippen LogP contribution in [0.15, 0.2) is 66.9 Å². The van der Waals surface area contributed by atoms with Crippen molar-refractivity contribution in [3.63, 3.8) is 0 Å². The van der Waals surface area contributed by atoms with Gasteiger partial charge >= 0.3 is 0 Å². The normalized spacial score (nSPS) is 16.6. The number of carbonyl (C=O) groups excluding carboxylic acids is 1. The summed E-state index contributed by atoms with van der Waals surface area (Å²) in [5.41, 5.74) is 3.72. The lowest BCUT2D eigenvalue weighted by Crippen LogP contribution is -2.40. The molecule has 4 rings (SSSR count). The van der Waals surface area contributed by atoms with Crippen molar-refractivity contribution in [1.82, 2.24) is 20.0 Å². The van der Waals surface area contributed by atoms with Gasteiger partial charge in [-0.05, 0) is 44.2 Å². The first-order valence-corrected chi connectivity index (χ1v) is 9.43. The summed E-state index contributed by atoms with van der Waals surface area (Å²) in [6, 6.07) is 20.2. The minimum absolute atomic E-state index is 0.100. The summed E-state index contributed by atoms with van der Waals surface area (Å²) in [6.07, 6.45) is 3.92. The zero-order valence-corrected chi connectivity index (χ0v) is 15.5. The molecule has 0 spiro atoms. The molecule has 3 aromatic rings. The van der Waals surface area contributed by atoms with Gasteiger partial charge < -0.3 is 10.2 Å². The van der Waals surface area contributed by atoms with Crippen molar-refractivity contribution in [2.45, 2.75) is 18.9 Å². The number of benzene rings is 2. The highest BCUT2D eigenvalue weighted by Crippen LogP contribution is 2.24. The molecule has 1 atom stereocenters. The monoisotopic (exact) mass is 360 g/mol. The molecule has 1 fully saturated rings. The molecule has 1 unspecified atom stereocenters. The van der Waals surface area contributed by atoms with Gasteiger partial charge in [-0.2, -0.15) is 5.10 Å². The van der Waals surface area contributed by atoms with E-state index in [1.165, 1.54) is 0 Å². The molecular weight excluding hydrogens is 336 g/mol. The number of rotatable bonds is 5. The number of nitrogens with one attached hydrogen (secondary N) is 1. The maximum Gasteiger partial charge on any atom is 0.254 e. The lowest BCUT2D eigenvalue weighted by Gasteiger charge is -2.24. The van der Waals surface area contributed by atoms with Crippen LogP contribution in [0.5, 0.6) is 0 Å². The molecule has 0 radical (unpaired) electrons. The number of likely N-dealkylation sites (N-methyl/N-ethyl adjacent to an activating group) is 1. The van der Waals surface area contributed by atoms with Gasteiger partial charge in [0.1, 0.15) is 0 Å². The van der Waals surface area contributed by atoms with Crippen molar-refractivity contribution in [3.8, 4) is 16.9 Å². The van der Waals surface area contributed by atoms with Gasteiger partial charge in [0.25, 0.3) is 5.91 Å². The molecule has 138 valence electrons. The van der Waals surface area contributed by atoms with Gasteiger partial charge in [-0.25, -0.2) is 4.68 Å². The summed E-state index contributed by atoms with van der Waals surface area (Å²) in [6.45, 7) is 1.66. The van der Waals surface area contributed by atoms with E-state index >= 15 is 0 Å². The van der Waals surface area contributed by atoms with Gasteiger partial charge in [0.15, 0.2) is 0 Å². The second-order valence-electron chi connectivity index (χ2n) is 6.90. The Hall–Kier alpha value is -2.92.